The zero-order chi connectivity index (χ0) is 11.3. The number of piperidine rings is 1. The second-order valence-electron chi connectivity index (χ2n) is 5.01. The SMILES string of the molecule is CC(C)CC(=O)NC(C)C1CCCCN1. The maximum absolute atomic E-state index is 11.6. The maximum atomic E-state index is 11.6. The van der Waals surface area contributed by atoms with E-state index in [-0.39, 0.29) is 11.9 Å². The van der Waals surface area contributed by atoms with Crippen molar-refractivity contribution in [3.05, 3.63) is 0 Å². The van der Waals surface area contributed by atoms with E-state index >= 15 is 0 Å². The molecule has 0 spiro atoms. The molecule has 3 nitrogen and oxygen atoms in total. The van der Waals surface area contributed by atoms with Crippen LogP contribution in [-0.4, -0.2) is 24.5 Å². The van der Waals surface area contributed by atoms with Gasteiger partial charge in [0.2, 0.25) is 5.91 Å². The summed E-state index contributed by atoms with van der Waals surface area (Å²) in [5, 5.41) is 6.54. The van der Waals surface area contributed by atoms with Gasteiger partial charge in [-0.2, -0.15) is 0 Å². The monoisotopic (exact) mass is 212 g/mol. The van der Waals surface area contributed by atoms with E-state index in [1.54, 1.807) is 0 Å². The number of rotatable bonds is 4. The van der Waals surface area contributed by atoms with Crippen LogP contribution in [0.3, 0.4) is 0 Å². The minimum atomic E-state index is 0.185. The largest absolute Gasteiger partial charge is 0.352 e. The average molecular weight is 212 g/mol. The van der Waals surface area contributed by atoms with Crippen molar-refractivity contribution in [2.24, 2.45) is 5.92 Å². The quantitative estimate of drug-likeness (QED) is 0.744. The molecule has 2 unspecified atom stereocenters. The van der Waals surface area contributed by atoms with Crippen LogP contribution in [0.5, 0.6) is 0 Å². The van der Waals surface area contributed by atoms with Gasteiger partial charge in [0, 0.05) is 18.5 Å². The Morgan fingerprint density at radius 3 is 2.67 bits per heavy atom. The van der Waals surface area contributed by atoms with Gasteiger partial charge in [0.1, 0.15) is 0 Å². The third-order valence-electron chi connectivity index (χ3n) is 2.93. The summed E-state index contributed by atoms with van der Waals surface area (Å²) >= 11 is 0. The Kier molecular flexibility index (Phi) is 5.09. The standard InChI is InChI=1S/C12H24N2O/c1-9(2)8-12(15)14-10(3)11-6-4-5-7-13-11/h9-11,13H,4-8H2,1-3H3,(H,14,15). The molecule has 0 radical (unpaired) electrons. The first-order chi connectivity index (χ1) is 7.09. The smallest absolute Gasteiger partial charge is 0.220 e. The fraction of sp³-hybridized carbons (Fsp3) is 0.917. The van der Waals surface area contributed by atoms with Crippen molar-refractivity contribution in [2.75, 3.05) is 6.54 Å². The third-order valence-corrected chi connectivity index (χ3v) is 2.93. The molecule has 0 aromatic heterocycles. The number of amides is 1. The first-order valence-electron chi connectivity index (χ1n) is 6.12. The van der Waals surface area contributed by atoms with Crippen molar-refractivity contribution in [3.8, 4) is 0 Å². The van der Waals surface area contributed by atoms with Crippen LogP contribution < -0.4 is 10.6 Å². The molecule has 0 bridgehead atoms. The van der Waals surface area contributed by atoms with Gasteiger partial charge in [-0.3, -0.25) is 4.79 Å². The lowest BCUT2D eigenvalue weighted by molar-refractivity contribution is -0.122. The van der Waals surface area contributed by atoms with Crippen LogP contribution >= 0.6 is 0 Å². The lowest BCUT2D eigenvalue weighted by Crippen LogP contribution is -2.50. The molecule has 1 aliphatic rings. The van der Waals surface area contributed by atoms with Crippen LogP contribution in [0.2, 0.25) is 0 Å². The molecule has 1 fully saturated rings. The van der Waals surface area contributed by atoms with Crippen LogP contribution in [0.4, 0.5) is 0 Å². The van der Waals surface area contributed by atoms with Crippen LogP contribution in [0.25, 0.3) is 0 Å². The maximum Gasteiger partial charge on any atom is 0.220 e. The summed E-state index contributed by atoms with van der Waals surface area (Å²) in [7, 11) is 0. The number of carbonyl (C=O) groups is 1. The van der Waals surface area contributed by atoms with Crippen LogP contribution in [-0.2, 0) is 4.79 Å². The highest BCUT2D eigenvalue weighted by Crippen LogP contribution is 2.10. The molecule has 1 aliphatic heterocycles. The third kappa shape index (κ3) is 4.65. The van der Waals surface area contributed by atoms with Crippen molar-refractivity contribution in [3.63, 3.8) is 0 Å². The summed E-state index contributed by atoms with van der Waals surface area (Å²) in [5.74, 6) is 0.626. The number of carbonyl (C=O) groups excluding carboxylic acids is 1. The van der Waals surface area contributed by atoms with E-state index in [1.807, 2.05) is 0 Å². The number of hydrogen-bond acceptors (Lipinski definition) is 2. The fourth-order valence-corrected chi connectivity index (χ4v) is 2.09. The Bertz CT molecular complexity index is 198. The zero-order valence-corrected chi connectivity index (χ0v) is 10.2. The predicted octanol–water partition coefficient (Wildman–Crippen LogP) is 1.68. The minimum absolute atomic E-state index is 0.185. The summed E-state index contributed by atoms with van der Waals surface area (Å²) in [6, 6.07) is 0.728. The highest BCUT2D eigenvalue weighted by Gasteiger charge is 2.20. The highest BCUT2D eigenvalue weighted by molar-refractivity contribution is 5.76. The van der Waals surface area contributed by atoms with Gasteiger partial charge in [-0.25, -0.2) is 0 Å². The summed E-state index contributed by atoms with van der Waals surface area (Å²) in [6.07, 6.45) is 4.37. The van der Waals surface area contributed by atoms with E-state index < -0.39 is 0 Å². The molecule has 1 amide bonds. The zero-order valence-electron chi connectivity index (χ0n) is 10.2. The molecule has 0 saturated carbocycles. The molecule has 88 valence electrons. The van der Waals surface area contributed by atoms with E-state index in [2.05, 4.69) is 31.4 Å². The molecule has 0 aromatic rings. The Hall–Kier alpha value is -0.570. The van der Waals surface area contributed by atoms with Gasteiger partial charge in [-0.05, 0) is 32.2 Å². The first kappa shape index (κ1) is 12.5. The lowest BCUT2D eigenvalue weighted by Gasteiger charge is -2.29. The molecular weight excluding hydrogens is 188 g/mol. The van der Waals surface area contributed by atoms with Gasteiger partial charge in [-0.1, -0.05) is 20.3 Å². The van der Waals surface area contributed by atoms with E-state index in [9.17, 15) is 4.79 Å². The topological polar surface area (TPSA) is 41.1 Å². The Labute approximate surface area is 93.0 Å². The van der Waals surface area contributed by atoms with Crippen molar-refractivity contribution in [1.29, 1.82) is 0 Å². The first-order valence-corrected chi connectivity index (χ1v) is 6.12. The molecule has 0 aromatic carbocycles. The highest BCUT2D eigenvalue weighted by atomic mass is 16.1. The van der Waals surface area contributed by atoms with Crippen LogP contribution in [0.15, 0.2) is 0 Å². The van der Waals surface area contributed by atoms with E-state index in [0.717, 1.165) is 6.54 Å². The Morgan fingerprint density at radius 1 is 1.40 bits per heavy atom. The molecular formula is C12H24N2O. The summed E-state index contributed by atoms with van der Waals surface area (Å²) < 4.78 is 0. The van der Waals surface area contributed by atoms with Crippen molar-refractivity contribution < 1.29 is 4.79 Å². The fourth-order valence-electron chi connectivity index (χ4n) is 2.09. The van der Waals surface area contributed by atoms with Gasteiger partial charge in [0.05, 0.1) is 0 Å². The Morgan fingerprint density at radius 2 is 2.13 bits per heavy atom. The van der Waals surface area contributed by atoms with Gasteiger partial charge in [0.25, 0.3) is 0 Å². The molecule has 1 heterocycles. The molecule has 2 atom stereocenters. The summed E-state index contributed by atoms with van der Waals surface area (Å²) in [5.41, 5.74) is 0. The second kappa shape index (κ2) is 6.11. The number of nitrogens with one attached hydrogen (secondary N) is 2. The second-order valence-corrected chi connectivity index (χ2v) is 5.01. The Balaban J connectivity index is 2.27. The van der Waals surface area contributed by atoms with Gasteiger partial charge >= 0.3 is 0 Å². The molecule has 2 N–H and O–H groups in total. The summed E-state index contributed by atoms with van der Waals surface area (Å²) in [6.45, 7) is 7.34. The summed E-state index contributed by atoms with van der Waals surface area (Å²) in [4.78, 5) is 11.6. The lowest BCUT2D eigenvalue weighted by atomic mass is 9.98. The van der Waals surface area contributed by atoms with Crippen molar-refractivity contribution in [2.45, 2.75) is 58.5 Å². The minimum Gasteiger partial charge on any atom is -0.352 e. The van der Waals surface area contributed by atoms with E-state index in [1.165, 1.54) is 19.3 Å². The van der Waals surface area contributed by atoms with Crippen molar-refractivity contribution >= 4 is 5.91 Å². The average Bonchev–Trinajstić information content (AvgIpc) is 2.17. The van der Waals surface area contributed by atoms with Gasteiger partial charge in [0.15, 0.2) is 0 Å². The molecule has 1 saturated heterocycles. The van der Waals surface area contributed by atoms with Crippen LogP contribution in [0, 0.1) is 5.92 Å². The van der Waals surface area contributed by atoms with Gasteiger partial charge < -0.3 is 10.6 Å². The number of hydrogen-bond donors (Lipinski definition) is 2. The normalized spacial score (nSPS) is 23.9. The molecule has 15 heavy (non-hydrogen) atoms. The molecule has 0 aliphatic carbocycles. The van der Waals surface area contributed by atoms with E-state index in [4.69, 9.17) is 0 Å². The molecule has 3 heteroatoms. The van der Waals surface area contributed by atoms with E-state index in [0.29, 0.717) is 18.4 Å². The molecule has 1 rings (SSSR count). The predicted molar refractivity (Wildman–Crippen MR) is 62.7 cm³/mol. The van der Waals surface area contributed by atoms with Gasteiger partial charge in [-0.15, -0.1) is 0 Å². The van der Waals surface area contributed by atoms with Crippen LogP contribution in [0.1, 0.15) is 46.5 Å². The van der Waals surface area contributed by atoms with Crippen molar-refractivity contribution in [1.82, 2.24) is 10.6 Å².